The molecule has 108 valence electrons. The fourth-order valence-electron chi connectivity index (χ4n) is 2.84. The number of aromatic nitrogens is 2. The average molecular weight is 312 g/mol. The first-order valence-corrected chi connectivity index (χ1v) is 7.98. The molecule has 0 N–H and O–H groups in total. The van der Waals surface area contributed by atoms with Gasteiger partial charge in [-0.15, -0.1) is 11.3 Å². The summed E-state index contributed by atoms with van der Waals surface area (Å²) in [4.78, 5) is 12.3. The van der Waals surface area contributed by atoms with Gasteiger partial charge in [0, 0.05) is 18.5 Å². The van der Waals surface area contributed by atoms with Crippen LogP contribution in [0.4, 0.5) is 0 Å². The van der Waals surface area contributed by atoms with Gasteiger partial charge in [-0.1, -0.05) is 11.6 Å². The van der Waals surface area contributed by atoms with Crippen molar-refractivity contribution < 1.29 is 4.74 Å². The van der Waals surface area contributed by atoms with Gasteiger partial charge in [-0.25, -0.2) is 9.97 Å². The van der Waals surface area contributed by atoms with E-state index in [0.29, 0.717) is 11.7 Å². The van der Waals surface area contributed by atoms with Gasteiger partial charge in [0.1, 0.15) is 15.8 Å². The summed E-state index contributed by atoms with van der Waals surface area (Å²) in [5.74, 6) is 0.787. The molecule has 4 nitrogen and oxygen atoms in total. The first-order valence-electron chi connectivity index (χ1n) is 6.73. The second kappa shape index (κ2) is 5.22. The number of nitrogens with zero attached hydrogens (tertiary/aromatic N) is 3. The maximum Gasteiger partial charge on any atom is 0.145 e. The summed E-state index contributed by atoms with van der Waals surface area (Å²) in [6.45, 7) is 8.82. The third-order valence-corrected chi connectivity index (χ3v) is 4.42. The first kappa shape index (κ1) is 14.2. The molecule has 1 saturated heterocycles. The summed E-state index contributed by atoms with van der Waals surface area (Å²) in [7, 11) is 0. The van der Waals surface area contributed by atoms with Crippen molar-refractivity contribution >= 4 is 33.2 Å². The smallest absolute Gasteiger partial charge is 0.145 e. The van der Waals surface area contributed by atoms with Crippen LogP contribution >= 0.6 is 22.9 Å². The molecule has 0 radical (unpaired) electrons. The Kier molecular flexibility index (Phi) is 3.71. The molecule has 1 unspecified atom stereocenters. The van der Waals surface area contributed by atoms with Crippen molar-refractivity contribution in [2.24, 2.45) is 0 Å². The topological polar surface area (TPSA) is 38.2 Å². The number of thiophene rings is 1. The normalized spacial score (nSPS) is 23.3. The molecule has 1 aliphatic heterocycles. The molecule has 0 spiro atoms. The molecule has 0 bridgehead atoms. The third kappa shape index (κ3) is 2.96. The predicted octanol–water partition coefficient (Wildman–Crippen LogP) is 3.34. The van der Waals surface area contributed by atoms with Crippen molar-refractivity contribution in [2.75, 3.05) is 13.1 Å². The number of fused-ring (bicyclic) bond motifs is 1. The van der Waals surface area contributed by atoms with Crippen LogP contribution in [0.15, 0.2) is 11.4 Å². The molecule has 3 heterocycles. The van der Waals surface area contributed by atoms with Crippen molar-refractivity contribution in [3.05, 3.63) is 22.4 Å². The van der Waals surface area contributed by atoms with Crippen molar-refractivity contribution in [1.29, 1.82) is 0 Å². The average Bonchev–Trinajstić information content (AvgIpc) is 2.74. The minimum absolute atomic E-state index is 0.130. The Labute approximate surface area is 127 Å². The van der Waals surface area contributed by atoms with Crippen LogP contribution in [0.5, 0.6) is 0 Å². The largest absolute Gasteiger partial charge is 0.370 e. The predicted molar refractivity (Wildman–Crippen MR) is 82.3 cm³/mol. The van der Waals surface area contributed by atoms with E-state index in [-0.39, 0.29) is 11.7 Å². The number of halogens is 1. The Morgan fingerprint density at radius 2 is 2.30 bits per heavy atom. The number of rotatable bonds is 2. The maximum atomic E-state index is 6.22. The second-order valence-electron chi connectivity index (χ2n) is 5.93. The molecule has 0 saturated carbocycles. The first-order chi connectivity index (χ1) is 9.43. The van der Waals surface area contributed by atoms with Crippen LogP contribution in [0.1, 0.15) is 26.6 Å². The zero-order chi connectivity index (χ0) is 14.3. The summed E-state index contributed by atoms with van der Waals surface area (Å²) in [5.41, 5.74) is -0.130. The highest BCUT2D eigenvalue weighted by Gasteiger charge is 2.31. The van der Waals surface area contributed by atoms with Crippen LogP contribution in [-0.2, 0) is 11.3 Å². The van der Waals surface area contributed by atoms with Crippen LogP contribution in [0, 0.1) is 0 Å². The Bertz CT molecular complexity index is 628. The van der Waals surface area contributed by atoms with Gasteiger partial charge in [-0.05, 0) is 32.2 Å². The van der Waals surface area contributed by atoms with Crippen LogP contribution in [0.2, 0.25) is 5.15 Å². The van der Waals surface area contributed by atoms with Crippen molar-refractivity contribution in [3.8, 4) is 0 Å². The Balaban J connectivity index is 1.82. The van der Waals surface area contributed by atoms with Gasteiger partial charge in [-0.2, -0.15) is 0 Å². The highest BCUT2D eigenvalue weighted by Crippen LogP contribution is 2.26. The van der Waals surface area contributed by atoms with Gasteiger partial charge < -0.3 is 4.74 Å². The molecular formula is C14H18ClN3OS. The summed E-state index contributed by atoms with van der Waals surface area (Å²) >= 11 is 7.82. The van der Waals surface area contributed by atoms with Crippen molar-refractivity contribution in [3.63, 3.8) is 0 Å². The highest BCUT2D eigenvalue weighted by molar-refractivity contribution is 7.16. The minimum atomic E-state index is -0.130. The van der Waals surface area contributed by atoms with E-state index in [4.69, 9.17) is 16.3 Å². The van der Waals surface area contributed by atoms with Crippen LogP contribution in [0.3, 0.4) is 0 Å². The van der Waals surface area contributed by atoms with Crippen LogP contribution < -0.4 is 0 Å². The molecule has 0 amide bonds. The van der Waals surface area contributed by atoms with E-state index in [1.54, 1.807) is 11.3 Å². The molecule has 0 aromatic carbocycles. The fraction of sp³-hybridized carbons (Fsp3) is 0.571. The molecule has 20 heavy (non-hydrogen) atoms. The van der Waals surface area contributed by atoms with Gasteiger partial charge in [0.15, 0.2) is 0 Å². The van der Waals surface area contributed by atoms with Gasteiger partial charge >= 0.3 is 0 Å². The van der Waals surface area contributed by atoms with E-state index < -0.39 is 0 Å². The van der Waals surface area contributed by atoms with E-state index >= 15 is 0 Å². The fourth-order valence-corrected chi connectivity index (χ4v) is 3.93. The molecule has 6 heteroatoms. The van der Waals surface area contributed by atoms with Gasteiger partial charge in [0.05, 0.1) is 18.2 Å². The summed E-state index contributed by atoms with van der Waals surface area (Å²) in [5, 5.41) is 3.48. The van der Waals surface area contributed by atoms with Crippen molar-refractivity contribution in [2.45, 2.75) is 39.0 Å². The lowest BCUT2D eigenvalue weighted by Crippen LogP contribution is -2.51. The highest BCUT2D eigenvalue weighted by atomic mass is 35.5. The quantitative estimate of drug-likeness (QED) is 0.797. The number of ether oxygens (including phenoxy) is 1. The molecular weight excluding hydrogens is 294 g/mol. The molecule has 1 aliphatic rings. The second-order valence-corrected chi connectivity index (χ2v) is 7.18. The van der Waals surface area contributed by atoms with Crippen molar-refractivity contribution in [1.82, 2.24) is 14.9 Å². The van der Waals surface area contributed by atoms with E-state index in [2.05, 4.69) is 35.6 Å². The number of hydrogen-bond donors (Lipinski definition) is 0. The Hall–Kier alpha value is -0.750. The minimum Gasteiger partial charge on any atom is -0.370 e. The third-order valence-electron chi connectivity index (χ3n) is 3.33. The standard InChI is InChI=1S/C14H18ClN3OS/c1-9-6-18(8-14(2,3)19-9)7-11-16-12(15)10-4-5-20-13(10)17-11/h4-5,9H,6-8H2,1-3H3. The van der Waals surface area contributed by atoms with E-state index in [0.717, 1.165) is 29.1 Å². The van der Waals surface area contributed by atoms with Gasteiger partial charge in [0.2, 0.25) is 0 Å². The molecule has 2 aromatic heterocycles. The summed E-state index contributed by atoms with van der Waals surface area (Å²) < 4.78 is 5.92. The zero-order valence-corrected chi connectivity index (χ0v) is 13.5. The molecule has 2 aromatic rings. The maximum absolute atomic E-state index is 6.22. The molecule has 1 fully saturated rings. The molecule has 3 rings (SSSR count). The SMILES string of the molecule is CC1CN(Cc2nc(Cl)c3ccsc3n2)CC(C)(C)O1. The summed E-state index contributed by atoms with van der Waals surface area (Å²) in [6.07, 6.45) is 0.222. The monoisotopic (exact) mass is 311 g/mol. The lowest BCUT2D eigenvalue weighted by molar-refractivity contribution is -0.131. The van der Waals surface area contributed by atoms with Gasteiger partial charge in [0.25, 0.3) is 0 Å². The Morgan fingerprint density at radius 1 is 1.50 bits per heavy atom. The van der Waals surface area contributed by atoms with Crippen LogP contribution in [0.25, 0.3) is 10.2 Å². The lowest BCUT2D eigenvalue weighted by atomic mass is 10.1. The zero-order valence-electron chi connectivity index (χ0n) is 11.9. The summed E-state index contributed by atoms with van der Waals surface area (Å²) in [6, 6.07) is 1.96. The van der Waals surface area contributed by atoms with E-state index in [1.807, 2.05) is 11.4 Å². The van der Waals surface area contributed by atoms with Gasteiger partial charge in [-0.3, -0.25) is 4.90 Å². The lowest BCUT2D eigenvalue weighted by Gasteiger charge is -2.41. The number of hydrogen-bond acceptors (Lipinski definition) is 5. The number of morpholine rings is 1. The van der Waals surface area contributed by atoms with Crippen LogP contribution in [-0.4, -0.2) is 39.7 Å². The molecule has 1 atom stereocenters. The molecule has 0 aliphatic carbocycles. The Morgan fingerprint density at radius 3 is 3.05 bits per heavy atom. The van der Waals surface area contributed by atoms with E-state index in [1.165, 1.54) is 0 Å². The van der Waals surface area contributed by atoms with E-state index in [9.17, 15) is 0 Å².